The molecule has 3 aromatic rings. The van der Waals surface area contributed by atoms with Crippen molar-refractivity contribution in [3.05, 3.63) is 66.2 Å². The molecule has 2 nitrogen and oxygen atoms in total. The minimum atomic E-state index is -0.262. The average Bonchev–Trinajstić information content (AvgIpc) is 2.46. The third-order valence-electron chi connectivity index (χ3n) is 3.26. The molecule has 2 aromatic carbocycles. The number of hydrogen-bond donors (Lipinski definition) is 1. The van der Waals surface area contributed by atoms with Gasteiger partial charge in [-0.15, -0.1) is 0 Å². The van der Waals surface area contributed by atoms with E-state index < -0.39 is 0 Å². The van der Waals surface area contributed by atoms with Gasteiger partial charge in [-0.25, -0.2) is 4.39 Å². The lowest BCUT2D eigenvalue weighted by Crippen LogP contribution is -2.00. The summed E-state index contributed by atoms with van der Waals surface area (Å²) in [5.41, 5.74) is 8.51. The lowest BCUT2D eigenvalue weighted by Gasteiger charge is -2.11. The predicted molar refractivity (Wildman–Crippen MR) is 75.0 cm³/mol. The number of pyridine rings is 1. The first-order valence-electron chi connectivity index (χ1n) is 6.11. The molecule has 94 valence electrons. The van der Waals surface area contributed by atoms with E-state index in [4.69, 9.17) is 5.73 Å². The average molecular weight is 252 g/mol. The molecule has 0 spiro atoms. The van der Waals surface area contributed by atoms with E-state index in [1.807, 2.05) is 30.5 Å². The lowest BCUT2D eigenvalue weighted by atomic mass is 9.95. The zero-order chi connectivity index (χ0) is 13.2. The van der Waals surface area contributed by atoms with Crippen molar-refractivity contribution in [1.82, 2.24) is 4.98 Å². The van der Waals surface area contributed by atoms with Gasteiger partial charge < -0.3 is 5.73 Å². The molecule has 0 unspecified atom stereocenters. The van der Waals surface area contributed by atoms with E-state index in [1.165, 1.54) is 12.1 Å². The standard InChI is InChI=1S/C16H13FN2/c17-13-4-5-14(12(8-13)9-18)15-3-1-2-11-6-7-19-10-16(11)15/h1-8,10H,9,18H2. The molecular weight excluding hydrogens is 239 g/mol. The van der Waals surface area contributed by atoms with Gasteiger partial charge in [-0.2, -0.15) is 0 Å². The molecule has 1 aromatic heterocycles. The van der Waals surface area contributed by atoms with Gasteiger partial charge in [0.05, 0.1) is 0 Å². The second-order valence-corrected chi connectivity index (χ2v) is 4.41. The van der Waals surface area contributed by atoms with Gasteiger partial charge in [-0.1, -0.05) is 24.3 Å². The Morgan fingerprint density at radius 1 is 1.05 bits per heavy atom. The molecule has 1 heterocycles. The molecule has 0 radical (unpaired) electrons. The summed E-state index contributed by atoms with van der Waals surface area (Å²) in [6.45, 7) is 0.309. The van der Waals surface area contributed by atoms with Crippen LogP contribution in [0.4, 0.5) is 4.39 Å². The first-order valence-corrected chi connectivity index (χ1v) is 6.11. The number of hydrogen-bond acceptors (Lipinski definition) is 2. The van der Waals surface area contributed by atoms with E-state index in [9.17, 15) is 4.39 Å². The largest absolute Gasteiger partial charge is 0.326 e. The summed E-state index contributed by atoms with van der Waals surface area (Å²) in [7, 11) is 0. The van der Waals surface area contributed by atoms with Crippen molar-refractivity contribution < 1.29 is 4.39 Å². The van der Waals surface area contributed by atoms with Crippen molar-refractivity contribution in [2.45, 2.75) is 6.54 Å². The van der Waals surface area contributed by atoms with E-state index in [0.29, 0.717) is 6.54 Å². The number of benzene rings is 2. The van der Waals surface area contributed by atoms with Gasteiger partial charge in [0.25, 0.3) is 0 Å². The van der Waals surface area contributed by atoms with Crippen molar-refractivity contribution >= 4 is 10.8 Å². The Hall–Kier alpha value is -2.26. The summed E-state index contributed by atoms with van der Waals surface area (Å²) < 4.78 is 13.3. The van der Waals surface area contributed by atoms with Crippen LogP contribution in [-0.4, -0.2) is 4.98 Å². The maximum atomic E-state index is 13.3. The summed E-state index contributed by atoms with van der Waals surface area (Å²) in [6.07, 6.45) is 3.59. The molecule has 0 aliphatic carbocycles. The Morgan fingerprint density at radius 3 is 2.79 bits per heavy atom. The summed E-state index contributed by atoms with van der Waals surface area (Å²) in [5.74, 6) is -0.262. The van der Waals surface area contributed by atoms with Crippen molar-refractivity contribution in [1.29, 1.82) is 0 Å². The minimum absolute atomic E-state index is 0.262. The molecule has 3 heteroatoms. The SMILES string of the molecule is NCc1cc(F)ccc1-c1cccc2ccncc12. The molecule has 19 heavy (non-hydrogen) atoms. The second kappa shape index (κ2) is 4.78. The highest BCUT2D eigenvalue weighted by Gasteiger charge is 2.08. The van der Waals surface area contributed by atoms with Crippen molar-refractivity contribution in [2.75, 3.05) is 0 Å². The molecule has 0 aliphatic rings. The Morgan fingerprint density at radius 2 is 1.95 bits per heavy atom. The fourth-order valence-electron chi connectivity index (χ4n) is 2.34. The van der Waals surface area contributed by atoms with Crippen LogP contribution >= 0.6 is 0 Å². The summed E-state index contributed by atoms with van der Waals surface area (Å²) in [4.78, 5) is 4.17. The Balaban J connectivity index is 2.30. The molecule has 0 bridgehead atoms. The van der Waals surface area contributed by atoms with Crippen LogP contribution in [0.5, 0.6) is 0 Å². The van der Waals surface area contributed by atoms with Crippen LogP contribution in [0.2, 0.25) is 0 Å². The molecule has 2 N–H and O–H groups in total. The topological polar surface area (TPSA) is 38.9 Å². The van der Waals surface area contributed by atoms with Crippen LogP contribution < -0.4 is 5.73 Å². The molecule has 0 atom stereocenters. The van der Waals surface area contributed by atoms with E-state index in [1.54, 1.807) is 12.3 Å². The van der Waals surface area contributed by atoms with Crippen LogP contribution in [-0.2, 0) is 6.54 Å². The second-order valence-electron chi connectivity index (χ2n) is 4.41. The number of nitrogens with zero attached hydrogens (tertiary/aromatic N) is 1. The lowest BCUT2D eigenvalue weighted by molar-refractivity contribution is 0.625. The van der Waals surface area contributed by atoms with Crippen LogP contribution in [0.1, 0.15) is 5.56 Å². The first-order chi connectivity index (χ1) is 9.29. The minimum Gasteiger partial charge on any atom is -0.326 e. The van der Waals surface area contributed by atoms with Crippen molar-refractivity contribution in [3.8, 4) is 11.1 Å². The van der Waals surface area contributed by atoms with Crippen LogP contribution in [0.3, 0.4) is 0 Å². The van der Waals surface area contributed by atoms with Gasteiger partial charge in [0.1, 0.15) is 5.82 Å². The molecule has 3 rings (SSSR count). The third-order valence-corrected chi connectivity index (χ3v) is 3.26. The Labute approximate surface area is 110 Å². The number of aromatic nitrogens is 1. The van der Waals surface area contributed by atoms with Crippen LogP contribution in [0, 0.1) is 5.82 Å². The highest BCUT2D eigenvalue weighted by atomic mass is 19.1. The number of nitrogens with two attached hydrogens (primary N) is 1. The monoisotopic (exact) mass is 252 g/mol. The maximum absolute atomic E-state index is 13.3. The molecule has 0 saturated carbocycles. The number of fused-ring (bicyclic) bond motifs is 1. The normalized spacial score (nSPS) is 10.8. The summed E-state index contributed by atoms with van der Waals surface area (Å²) in [5, 5.41) is 2.16. The van der Waals surface area contributed by atoms with Crippen LogP contribution in [0.15, 0.2) is 54.9 Å². The van der Waals surface area contributed by atoms with Gasteiger partial charge in [0, 0.05) is 24.3 Å². The van der Waals surface area contributed by atoms with E-state index in [-0.39, 0.29) is 5.82 Å². The third kappa shape index (κ3) is 2.09. The van der Waals surface area contributed by atoms with Crippen LogP contribution in [0.25, 0.3) is 21.9 Å². The molecule has 0 amide bonds. The van der Waals surface area contributed by atoms with Gasteiger partial charge in [0.2, 0.25) is 0 Å². The highest BCUT2D eigenvalue weighted by molar-refractivity contribution is 5.96. The van der Waals surface area contributed by atoms with Gasteiger partial charge >= 0.3 is 0 Å². The fraction of sp³-hybridized carbons (Fsp3) is 0.0625. The number of halogens is 1. The highest BCUT2D eigenvalue weighted by Crippen LogP contribution is 2.30. The number of rotatable bonds is 2. The first kappa shape index (κ1) is 11.8. The van der Waals surface area contributed by atoms with Gasteiger partial charge in [-0.3, -0.25) is 4.98 Å². The molecule has 0 aliphatic heterocycles. The van der Waals surface area contributed by atoms with E-state index in [0.717, 1.165) is 27.5 Å². The Bertz CT molecular complexity index is 732. The van der Waals surface area contributed by atoms with Crippen molar-refractivity contribution in [3.63, 3.8) is 0 Å². The smallest absolute Gasteiger partial charge is 0.123 e. The molecular formula is C16H13FN2. The van der Waals surface area contributed by atoms with Gasteiger partial charge in [-0.05, 0) is 40.3 Å². The predicted octanol–water partition coefficient (Wildman–Crippen LogP) is 3.50. The summed E-state index contributed by atoms with van der Waals surface area (Å²) >= 11 is 0. The quantitative estimate of drug-likeness (QED) is 0.758. The maximum Gasteiger partial charge on any atom is 0.123 e. The fourth-order valence-corrected chi connectivity index (χ4v) is 2.34. The van der Waals surface area contributed by atoms with Gasteiger partial charge in [0.15, 0.2) is 0 Å². The molecule has 0 fully saturated rings. The van der Waals surface area contributed by atoms with Crippen molar-refractivity contribution in [2.24, 2.45) is 5.73 Å². The zero-order valence-electron chi connectivity index (χ0n) is 10.3. The van der Waals surface area contributed by atoms with E-state index in [2.05, 4.69) is 4.98 Å². The zero-order valence-corrected chi connectivity index (χ0v) is 10.3. The summed E-state index contributed by atoms with van der Waals surface area (Å²) in [6, 6.07) is 12.7. The molecule has 0 saturated heterocycles. The Kier molecular flexibility index (Phi) is 2.97. The van der Waals surface area contributed by atoms with E-state index >= 15 is 0 Å².